The molecule has 0 atom stereocenters. The van der Waals surface area contributed by atoms with Gasteiger partial charge < -0.3 is 14.4 Å². The van der Waals surface area contributed by atoms with Crippen LogP contribution in [-0.2, 0) is 9.47 Å². The molecule has 2 aliphatic rings. The Morgan fingerprint density at radius 2 is 2.33 bits per heavy atom. The number of methoxy groups -OCH3 is 1. The fourth-order valence-electron chi connectivity index (χ4n) is 1.94. The molecule has 0 bridgehead atoms. The van der Waals surface area contributed by atoms with E-state index in [1.54, 1.807) is 19.1 Å². The fourth-order valence-corrected chi connectivity index (χ4v) is 1.94. The molecule has 0 aromatic rings. The molecule has 4 heteroatoms. The predicted octanol–water partition coefficient (Wildman–Crippen LogP) is 0.616. The third kappa shape index (κ3) is 0.982. The smallest absolute Gasteiger partial charge is 0.410 e. The van der Waals surface area contributed by atoms with Crippen molar-refractivity contribution in [1.29, 1.82) is 0 Å². The minimum atomic E-state index is -0.216. The largest absolute Gasteiger partial charge is 0.441 e. The molecule has 12 heavy (non-hydrogen) atoms. The van der Waals surface area contributed by atoms with Gasteiger partial charge in [-0.15, -0.1) is 0 Å². The Hall–Kier alpha value is -0.770. The van der Waals surface area contributed by atoms with Crippen LogP contribution in [0, 0.1) is 0 Å². The van der Waals surface area contributed by atoms with Gasteiger partial charge >= 0.3 is 6.09 Å². The van der Waals surface area contributed by atoms with Crippen molar-refractivity contribution in [2.45, 2.75) is 24.5 Å². The number of hydrogen-bond donors (Lipinski definition) is 0. The number of rotatable bonds is 1. The van der Waals surface area contributed by atoms with E-state index in [9.17, 15) is 4.79 Å². The van der Waals surface area contributed by atoms with Crippen molar-refractivity contribution in [3.05, 3.63) is 0 Å². The average Bonchev–Trinajstić information content (AvgIpc) is 2.25. The first kappa shape index (κ1) is 7.86. The molecule has 1 saturated heterocycles. The SMILES string of the molecule is COC1CC2(C1)CN(C)C(=O)O2. The average molecular weight is 171 g/mol. The van der Waals surface area contributed by atoms with Gasteiger partial charge in [0.2, 0.25) is 0 Å². The van der Waals surface area contributed by atoms with Gasteiger partial charge in [-0.1, -0.05) is 0 Å². The van der Waals surface area contributed by atoms with Crippen molar-refractivity contribution in [1.82, 2.24) is 4.90 Å². The molecule has 4 nitrogen and oxygen atoms in total. The molecule has 1 spiro atoms. The maximum Gasteiger partial charge on any atom is 0.410 e. The number of ether oxygens (including phenoxy) is 2. The van der Waals surface area contributed by atoms with E-state index < -0.39 is 0 Å². The maximum atomic E-state index is 11.0. The molecule has 0 aromatic carbocycles. The van der Waals surface area contributed by atoms with Crippen molar-refractivity contribution in [3.63, 3.8) is 0 Å². The van der Waals surface area contributed by atoms with Crippen LogP contribution in [0.1, 0.15) is 12.8 Å². The van der Waals surface area contributed by atoms with Crippen molar-refractivity contribution in [3.8, 4) is 0 Å². The predicted molar refractivity (Wildman–Crippen MR) is 41.9 cm³/mol. The number of likely N-dealkylation sites (N-methyl/N-ethyl adjacent to an activating group) is 1. The summed E-state index contributed by atoms with van der Waals surface area (Å²) in [6, 6.07) is 0. The fraction of sp³-hybridized carbons (Fsp3) is 0.875. The zero-order valence-corrected chi connectivity index (χ0v) is 7.37. The summed E-state index contributed by atoms with van der Waals surface area (Å²) in [6.45, 7) is 0.714. The van der Waals surface area contributed by atoms with E-state index in [1.165, 1.54) is 0 Å². The molecule has 0 N–H and O–H groups in total. The summed E-state index contributed by atoms with van der Waals surface area (Å²) in [7, 11) is 3.45. The Kier molecular flexibility index (Phi) is 1.54. The highest BCUT2D eigenvalue weighted by Gasteiger charge is 2.53. The number of carbonyl (C=O) groups is 1. The topological polar surface area (TPSA) is 38.8 Å². The van der Waals surface area contributed by atoms with E-state index in [4.69, 9.17) is 9.47 Å². The molecule has 0 radical (unpaired) electrons. The summed E-state index contributed by atoms with van der Waals surface area (Å²) in [5.41, 5.74) is -0.216. The standard InChI is InChI=1S/C8H13NO3/c1-9-5-8(12-7(9)10)3-6(4-8)11-2/h6H,3-5H2,1-2H3. The van der Waals surface area contributed by atoms with Gasteiger partial charge in [0, 0.05) is 27.0 Å². The molecule has 0 unspecified atom stereocenters. The first-order chi connectivity index (χ1) is 5.65. The van der Waals surface area contributed by atoms with Crippen LogP contribution in [-0.4, -0.2) is 43.4 Å². The number of carbonyl (C=O) groups excluding carboxylic acids is 1. The summed E-state index contributed by atoms with van der Waals surface area (Å²) in [4.78, 5) is 12.7. The van der Waals surface area contributed by atoms with Crippen LogP contribution in [0.2, 0.25) is 0 Å². The quantitative estimate of drug-likeness (QED) is 0.580. The monoisotopic (exact) mass is 171 g/mol. The van der Waals surface area contributed by atoms with E-state index in [-0.39, 0.29) is 17.8 Å². The second kappa shape index (κ2) is 2.36. The summed E-state index contributed by atoms with van der Waals surface area (Å²) >= 11 is 0. The Labute approximate surface area is 71.4 Å². The molecular weight excluding hydrogens is 158 g/mol. The molecule has 1 aliphatic carbocycles. The molecule has 1 heterocycles. The number of nitrogens with zero attached hydrogens (tertiary/aromatic N) is 1. The van der Waals surface area contributed by atoms with E-state index in [1.807, 2.05) is 0 Å². The van der Waals surface area contributed by atoms with Crippen LogP contribution in [0.4, 0.5) is 4.79 Å². The Morgan fingerprint density at radius 3 is 2.75 bits per heavy atom. The molecule has 2 fully saturated rings. The second-order valence-electron chi connectivity index (χ2n) is 3.67. The highest BCUT2D eigenvalue weighted by Crippen LogP contribution is 2.41. The highest BCUT2D eigenvalue weighted by atomic mass is 16.6. The van der Waals surface area contributed by atoms with E-state index in [0.29, 0.717) is 6.54 Å². The van der Waals surface area contributed by atoms with Crippen molar-refractivity contribution in [2.75, 3.05) is 20.7 Å². The zero-order valence-electron chi connectivity index (χ0n) is 7.37. The molecule has 1 amide bonds. The van der Waals surface area contributed by atoms with Crippen molar-refractivity contribution >= 4 is 6.09 Å². The van der Waals surface area contributed by atoms with Gasteiger partial charge in [0.1, 0.15) is 5.60 Å². The lowest BCUT2D eigenvalue weighted by Gasteiger charge is -2.41. The van der Waals surface area contributed by atoms with Gasteiger partial charge in [0.25, 0.3) is 0 Å². The Balaban J connectivity index is 1.96. The van der Waals surface area contributed by atoms with Crippen molar-refractivity contribution in [2.24, 2.45) is 0 Å². The third-order valence-corrected chi connectivity index (χ3v) is 2.67. The van der Waals surface area contributed by atoms with Crippen LogP contribution >= 0.6 is 0 Å². The minimum absolute atomic E-state index is 0.204. The highest BCUT2D eigenvalue weighted by molar-refractivity contribution is 5.70. The zero-order chi connectivity index (χ0) is 8.77. The molecular formula is C8H13NO3. The Morgan fingerprint density at radius 1 is 1.67 bits per heavy atom. The summed E-state index contributed by atoms with van der Waals surface area (Å²) in [5, 5.41) is 0. The van der Waals surface area contributed by atoms with Gasteiger partial charge in [0.05, 0.1) is 12.6 Å². The summed E-state index contributed by atoms with van der Waals surface area (Å²) in [5.74, 6) is 0. The lowest BCUT2D eigenvalue weighted by molar-refractivity contribution is -0.106. The lowest BCUT2D eigenvalue weighted by Crippen LogP contribution is -2.50. The van der Waals surface area contributed by atoms with E-state index in [2.05, 4.69) is 0 Å². The second-order valence-corrected chi connectivity index (χ2v) is 3.67. The summed E-state index contributed by atoms with van der Waals surface area (Å²) in [6.07, 6.45) is 1.77. The normalized spacial score (nSPS) is 40.0. The van der Waals surface area contributed by atoms with Gasteiger partial charge in [0.15, 0.2) is 0 Å². The van der Waals surface area contributed by atoms with Gasteiger partial charge in [-0.25, -0.2) is 4.79 Å². The molecule has 1 aliphatic heterocycles. The summed E-state index contributed by atoms with van der Waals surface area (Å²) < 4.78 is 10.4. The van der Waals surface area contributed by atoms with Gasteiger partial charge in [-0.2, -0.15) is 0 Å². The Bertz CT molecular complexity index is 210. The minimum Gasteiger partial charge on any atom is -0.441 e. The van der Waals surface area contributed by atoms with Crippen molar-refractivity contribution < 1.29 is 14.3 Å². The molecule has 1 saturated carbocycles. The third-order valence-electron chi connectivity index (χ3n) is 2.67. The molecule has 2 rings (SSSR count). The number of hydrogen-bond acceptors (Lipinski definition) is 3. The number of amides is 1. The van der Waals surface area contributed by atoms with Crippen LogP contribution in [0.5, 0.6) is 0 Å². The molecule has 0 aromatic heterocycles. The van der Waals surface area contributed by atoms with Gasteiger partial charge in [-0.3, -0.25) is 0 Å². The van der Waals surface area contributed by atoms with Crippen LogP contribution in [0.15, 0.2) is 0 Å². The van der Waals surface area contributed by atoms with Crippen LogP contribution in [0.3, 0.4) is 0 Å². The maximum absolute atomic E-state index is 11.0. The first-order valence-corrected chi connectivity index (χ1v) is 4.12. The van der Waals surface area contributed by atoms with Crippen LogP contribution < -0.4 is 0 Å². The molecule has 68 valence electrons. The first-order valence-electron chi connectivity index (χ1n) is 4.12. The van der Waals surface area contributed by atoms with Crippen LogP contribution in [0.25, 0.3) is 0 Å². The lowest BCUT2D eigenvalue weighted by atomic mass is 9.77. The van der Waals surface area contributed by atoms with E-state index in [0.717, 1.165) is 12.8 Å². The van der Waals surface area contributed by atoms with E-state index >= 15 is 0 Å². The van der Waals surface area contributed by atoms with Gasteiger partial charge in [-0.05, 0) is 0 Å².